The van der Waals surface area contributed by atoms with Gasteiger partial charge in [0.15, 0.2) is 0 Å². The van der Waals surface area contributed by atoms with Crippen molar-refractivity contribution in [1.82, 2.24) is 20.4 Å². The van der Waals surface area contributed by atoms with Gasteiger partial charge in [-0.15, -0.1) is 13.2 Å². The second-order valence-corrected chi connectivity index (χ2v) is 7.23. The maximum Gasteiger partial charge on any atom is 0.573 e. The number of H-pyrrole nitrogens is 1. The molecule has 2 amide bonds. The number of rotatable bonds is 6. The van der Waals surface area contributed by atoms with Gasteiger partial charge in [0.2, 0.25) is 0 Å². The fourth-order valence-electron chi connectivity index (χ4n) is 3.61. The molecule has 0 atom stereocenters. The highest BCUT2D eigenvalue weighted by Crippen LogP contribution is 2.32. The third-order valence-corrected chi connectivity index (χ3v) is 5.05. The van der Waals surface area contributed by atoms with Gasteiger partial charge in [-0.3, -0.25) is 0 Å². The highest BCUT2D eigenvalue weighted by molar-refractivity contribution is 5.83. The van der Waals surface area contributed by atoms with Crippen molar-refractivity contribution < 1.29 is 27.2 Å². The number of amides is 2. The summed E-state index contributed by atoms with van der Waals surface area (Å²) in [5, 5.41) is 7.20. The van der Waals surface area contributed by atoms with Gasteiger partial charge in [-0.25, -0.2) is 4.79 Å². The first-order valence-corrected chi connectivity index (χ1v) is 9.70. The molecule has 0 spiro atoms. The number of hydrogen-bond acceptors (Lipinski definition) is 4. The average molecular weight is 422 g/mol. The molecule has 0 radical (unpaired) electrons. The first-order chi connectivity index (χ1) is 14.4. The number of carbonyl (C=O) groups is 1. The minimum Gasteiger partial charge on any atom is -0.405 e. The number of alkyl halides is 3. The largest absolute Gasteiger partial charge is 0.573 e. The Kier molecular flexibility index (Phi) is 5.56. The van der Waals surface area contributed by atoms with Crippen LogP contribution in [0.4, 0.5) is 18.0 Å². The minimum atomic E-state index is -4.79. The maximum atomic E-state index is 12.9. The summed E-state index contributed by atoms with van der Waals surface area (Å²) in [6.45, 7) is 1.74. The topological polar surface area (TPSA) is 83.4 Å². The number of benzene rings is 1. The number of aromatic nitrogens is 2. The molecule has 1 aliphatic rings. The molecule has 3 heterocycles. The molecule has 0 saturated carbocycles. The number of hydrogen-bond donors (Lipinski definition) is 2. The Morgan fingerprint density at radius 3 is 2.73 bits per heavy atom. The van der Waals surface area contributed by atoms with Crippen molar-refractivity contribution in [2.75, 3.05) is 13.1 Å². The van der Waals surface area contributed by atoms with Gasteiger partial charge in [0.1, 0.15) is 12.0 Å². The van der Waals surface area contributed by atoms with Crippen molar-refractivity contribution in [1.29, 1.82) is 0 Å². The van der Waals surface area contributed by atoms with Gasteiger partial charge in [0, 0.05) is 35.8 Å². The predicted octanol–water partition coefficient (Wildman–Crippen LogP) is 4.15. The van der Waals surface area contributed by atoms with Crippen molar-refractivity contribution in [2.24, 2.45) is 0 Å². The summed E-state index contributed by atoms with van der Waals surface area (Å²) in [5.41, 5.74) is 2.41. The monoisotopic (exact) mass is 422 g/mol. The number of fused-ring (bicyclic) bond motifs is 1. The third-order valence-electron chi connectivity index (χ3n) is 5.05. The van der Waals surface area contributed by atoms with Gasteiger partial charge >= 0.3 is 12.4 Å². The molecule has 2 aromatic heterocycles. The van der Waals surface area contributed by atoms with E-state index in [1.807, 2.05) is 0 Å². The van der Waals surface area contributed by atoms with E-state index in [1.165, 1.54) is 12.3 Å². The number of aryl methyl sites for hydroxylation is 2. The smallest absolute Gasteiger partial charge is 0.405 e. The Morgan fingerprint density at radius 2 is 2.03 bits per heavy atom. The van der Waals surface area contributed by atoms with Crippen LogP contribution in [0.1, 0.15) is 29.8 Å². The molecular weight excluding hydrogens is 401 g/mol. The van der Waals surface area contributed by atoms with Crippen molar-refractivity contribution in [3.8, 4) is 5.75 Å². The number of carbonyl (C=O) groups excluding carboxylic acids is 1. The van der Waals surface area contributed by atoms with Gasteiger partial charge in [-0.2, -0.15) is 0 Å². The molecule has 1 aliphatic heterocycles. The Labute approximate surface area is 170 Å². The van der Waals surface area contributed by atoms with Crippen molar-refractivity contribution in [3.63, 3.8) is 0 Å². The van der Waals surface area contributed by atoms with E-state index in [9.17, 15) is 18.0 Å². The highest BCUT2D eigenvalue weighted by Gasteiger charge is 2.32. The van der Waals surface area contributed by atoms with E-state index in [2.05, 4.69) is 20.2 Å². The minimum absolute atomic E-state index is 0.138. The average Bonchev–Trinajstić information content (AvgIpc) is 3.44. The van der Waals surface area contributed by atoms with Gasteiger partial charge in [-0.05, 0) is 49.4 Å². The lowest BCUT2D eigenvalue weighted by Crippen LogP contribution is -2.37. The van der Waals surface area contributed by atoms with Gasteiger partial charge in [-0.1, -0.05) is 5.16 Å². The van der Waals surface area contributed by atoms with E-state index >= 15 is 0 Å². The van der Waals surface area contributed by atoms with E-state index < -0.39 is 6.36 Å². The number of ether oxygens (including phenoxy) is 1. The van der Waals surface area contributed by atoms with E-state index in [1.54, 1.807) is 23.1 Å². The SMILES string of the molecule is O=C(NCc1cc2cc(OC(F)(F)F)c(CCc3ccon3)cc2[nH]1)N1CCCC1. The molecule has 0 bridgehead atoms. The number of likely N-dealkylation sites (tertiary alicyclic amines) is 1. The van der Waals surface area contributed by atoms with Crippen molar-refractivity contribution in [3.05, 3.63) is 47.5 Å². The predicted molar refractivity (Wildman–Crippen MR) is 102 cm³/mol. The van der Waals surface area contributed by atoms with E-state index in [0.29, 0.717) is 40.7 Å². The normalized spacial score (nSPS) is 14.4. The second-order valence-electron chi connectivity index (χ2n) is 7.23. The quantitative estimate of drug-likeness (QED) is 0.625. The van der Waals surface area contributed by atoms with Crippen LogP contribution in [0.2, 0.25) is 0 Å². The number of halogens is 3. The van der Waals surface area contributed by atoms with Crippen LogP contribution in [0, 0.1) is 0 Å². The molecule has 7 nitrogen and oxygen atoms in total. The highest BCUT2D eigenvalue weighted by atomic mass is 19.4. The molecule has 1 aromatic carbocycles. The lowest BCUT2D eigenvalue weighted by molar-refractivity contribution is -0.274. The lowest BCUT2D eigenvalue weighted by Gasteiger charge is -2.15. The van der Waals surface area contributed by atoms with Gasteiger partial charge in [0.05, 0.1) is 12.2 Å². The first kappa shape index (κ1) is 20.1. The van der Waals surface area contributed by atoms with Crippen LogP contribution < -0.4 is 10.1 Å². The van der Waals surface area contributed by atoms with Crippen LogP contribution in [0.3, 0.4) is 0 Å². The summed E-state index contributed by atoms with van der Waals surface area (Å²) in [7, 11) is 0. The standard InChI is InChI=1S/C20H21F3N4O3/c21-20(22,23)30-18-11-14-9-16(12-24-19(28)27-6-1-2-7-27)25-17(14)10-13(18)3-4-15-5-8-29-26-15/h5,8-11,25H,1-4,6-7,12H2,(H,24,28). The summed E-state index contributed by atoms with van der Waals surface area (Å²) < 4.78 is 47.7. The molecule has 1 fully saturated rings. The zero-order valence-electron chi connectivity index (χ0n) is 16.1. The fourth-order valence-corrected chi connectivity index (χ4v) is 3.61. The lowest BCUT2D eigenvalue weighted by atomic mass is 10.1. The fraction of sp³-hybridized carbons (Fsp3) is 0.400. The molecule has 4 rings (SSSR count). The third kappa shape index (κ3) is 4.87. The van der Waals surface area contributed by atoms with E-state index in [4.69, 9.17) is 4.52 Å². The Hall–Kier alpha value is -3.17. The summed E-state index contributed by atoms with van der Waals surface area (Å²) in [4.78, 5) is 17.0. The maximum absolute atomic E-state index is 12.9. The summed E-state index contributed by atoms with van der Waals surface area (Å²) >= 11 is 0. The second kappa shape index (κ2) is 8.29. The Morgan fingerprint density at radius 1 is 1.23 bits per heavy atom. The summed E-state index contributed by atoms with van der Waals surface area (Å²) in [5.74, 6) is -0.245. The number of nitrogens with zero attached hydrogens (tertiary/aromatic N) is 2. The zero-order chi connectivity index (χ0) is 21.1. The van der Waals surface area contributed by atoms with E-state index in [-0.39, 0.29) is 18.3 Å². The number of nitrogens with one attached hydrogen (secondary N) is 2. The molecule has 3 aromatic rings. The van der Waals surface area contributed by atoms with Gasteiger partial charge < -0.3 is 24.5 Å². The first-order valence-electron chi connectivity index (χ1n) is 9.70. The molecule has 2 N–H and O–H groups in total. The molecule has 1 saturated heterocycles. The van der Waals surface area contributed by atoms with Crippen LogP contribution in [0.15, 0.2) is 35.1 Å². The van der Waals surface area contributed by atoms with Crippen LogP contribution in [0.5, 0.6) is 5.75 Å². The number of aromatic amines is 1. The zero-order valence-corrected chi connectivity index (χ0v) is 16.1. The van der Waals surface area contributed by atoms with E-state index in [0.717, 1.165) is 25.9 Å². The molecule has 160 valence electrons. The molecule has 30 heavy (non-hydrogen) atoms. The Bertz CT molecular complexity index is 1010. The van der Waals surface area contributed by atoms with Crippen molar-refractivity contribution in [2.45, 2.75) is 38.6 Å². The molecular formula is C20H21F3N4O3. The van der Waals surface area contributed by atoms with Crippen LogP contribution in [-0.4, -0.2) is 40.5 Å². The van der Waals surface area contributed by atoms with Gasteiger partial charge in [0.25, 0.3) is 0 Å². The van der Waals surface area contributed by atoms with Crippen LogP contribution in [0.25, 0.3) is 10.9 Å². The molecule has 10 heteroatoms. The summed E-state index contributed by atoms with van der Waals surface area (Å²) in [6.07, 6.45) is -0.667. The van der Waals surface area contributed by atoms with Crippen molar-refractivity contribution >= 4 is 16.9 Å². The molecule has 0 unspecified atom stereocenters. The van der Waals surface area contributed by atoms with Crippen LogP contribution in [-0.2, 0) is 19.4 Å². The number of urea groups is 1. The summed E-state index contributed by atoms with van der Waals surface area (Å²) in [6, 6.07) is 6.24. The Balaban J connectivity index is 1.52. The molecule has 0 aliphatic carbocycles. The van der Waals surface area contributed by atoms with Crippen LogP contribution >= 0.6 is 0 Å².